The lowest BCUT2D eigenvalue weighted by molar-refractivity contribution is -0.119. The van der Waals surface area contributed by atoms with Crippen LogP contribution in [-0.4, -0.2) is 31.5 Å². The molecule has 2 N–H and O–H groups in total. The summed E-state index contributed by atoms with van der Waals surface area (Å²) in [5, 5.41) is 5.20. The predicted molar refractivity (Wildman–Crippen MR) is 92.7 cm³/mol. The van der Waals surface area contributed by atoms with E-state index in [-0.39, 0.29) is 11.5 Å². The Kier molecular flexibility index (Phi) is 6.11. The van der Waals surface area contributed by atoms with Crippen LogP contribution in [0, 0.1) is 0 Å². The second-order valence-corrected chi connectivity index (χ2v) is 5.11. The van der Waals surface area contributed by atoms with Gasteiger partial charge in [-0.3, -0.25) is 9.59 Å². The molecule has 2 aromatic carbocycles. The van der Waals surface area contributed by atoms with Crippen LogP contribution in [0.1, 0.15) is 17.3 Å². The lowest BCUT2D eigenvalue weighted by Gasteiger charge is -2.08. The van der Waals surface area contributed by atoms with E-state index in [1.165, 1.54) is 26.2 Å². The number of hydrogen-bond acceptors (Lipinski definition) is 5. The SMILES string of the molecule is COc1cccc(NC(=O)COC(=O)c2ccc(NC(C)=O)cc2)c1. The van der Waals surface area contributed by atoms with Gasteiger partial charge in [-0.2, -0.15) is 0 Å². The van der Waals surface area contributed by atoms with Crippen LogP contribution in [0.4, 0.5) is 11.4 Å². The Morgan fingerprint density at radius 3 is 2.32 bits per heavy atom. The van der Waals surface area contributed by atoms with Gasteiger partial charge in [0, 0.05) is 24.4 Å². The van der Waals surface area contributed by atoms with E-state index >= 15 is 0 Å². The monoisotopic (exact) mass is 342 g/mol. The molecule has 0 aliphatic carbocycles. The second kappa shape index (κ2) is 8.49. The first-order chi connectivity index (χ1) is 12.0. The van der Waals surface area contributed by atoms with Gasteiger partial charge in [0.05, 0.1) is 12.7 Å². The molecule has 2 rings (SSSR count). The summed E-state index contributed by atoms with van der Waals surface area (Å²) in [7, 11) is 1.53. The smallest absolute Gasteiger partial charge is 0.338 e. The Bertz CT molecular complexity index is 771. The lowest BCUT2D eigenvalue weighted by Crippen LogP contribution is -2.21. The maximum absolute atomic E-state index is 11.9. The van der Waals surface area contributed by atoms with Gasteiger partial charge >= 0.3 is 5.97 Å². The van der Waals surface area contributed by atoms with Gasteiger partial charge in [0.1, 0.15) is 5.75 Å². The minimum atomic E-state index is -0.629. The molecule has 0 bridgehead atoms. The highest BCUT2D eigenvalue weighted by molar-refractivity contribution is 5.96. The van der Waals surface area contributed by atoms with Gasteiger partial charge in [0.25, 0.3) is 5.91 Å². The third-order valence-corrected chi connectivity index (χ3v) is 3.13. The minimum Gasteiger partial charge on any atom is -0.497 e. The van der Waals surface area contributed by atoms with E-state index in [9.17, 15) is 14.4 Å². The molecule has 130 valence electrons. The van der Waals surface area contributed by atoms with Crippen molar-refractivity contribution < 1.29 is 23.9 Å². The summed E-state index contributed by atoms with van der Waals surface area (Å²) in [6, 6.07) is 13.0. The zero-order chi connectivity index (χ0) is 18.2. The average Bonchev–Trinajstić information content (AvgIpc) is 2.60. The van der Waals surface area contributed by atoms with Crippen LogP contribution in [0.15, 0.2) is 48.5 Å². The van der Waals surface area contributed by atoms with E-state index in [4.69, 9.17) is 9.47 Å². The highest BCUT2D eigenvalue weighted by Crippen LogP contribution is 2.16. The molecule has 0 atom stereocenters. The van der Waals surface area contributed by atoms with E-state index in [0.717, 1.165) is 0 Å². The van der Waals surface area contributed by atoms with Crippen molar-refractivity contribution in [3.63, 3.8) is 0 Å². The molecule has 0 saturated carbocycles. The Balaban J connectivity index is 1.86. The fourth-order valence-electron chi connectivity index (χ4n) is 2.01. The maximum atomic E-state index is 11.9. The molecule has 0 aliphatic rings. The number of methoxy groups -OCH3 is 1. The molecular formula is C18H18N2O5. The number of anilines is 2. The molecule has 7 nitrogen and oxygen atoms in total. The topological polar surface area (TPSA) is 93.7 Å². The largest absolute Gasteiger partial charge is 0.497 e. The number of esters is 1. The summed E-state index contributed by atoms with van der Waals surface area (Å²) in [6.07, 6.45) is 0. The van der Waals surface area contributed by atoms with Gasteiger partial charge in [-0.05, 0) is 36.4 Å². The molecule has 0 fully saturated rings. The third kappa shape index (κ3) is 5.65. The van der Waals surface area contributed by atoms with Crippen molar-refractivity contribution in [3.8, 4) is 5.75 Å². The number of rotatable bonds is 6. The molecule has 2 amide bonds. The van der Waals surface area contributed by atoms with E-state index in [0.29, 0.717) is 17.1 Å². The van der Waals surface area contributed by atoms with Crippen LogP contribution in [-0.2, 0) is 14.3 Å². The molecule has 0 unspecified atom stereocenters. The summed E-state index contributed by atoms with van der Waals surface area (Å²) in [4.78, 5) is 34.7. The van der Waals surface area contributed by atoms with E-state index < -0.39 is 18.5 Å². The quantitative estimate of drug-likeness (QED) is 0.787. The van der Waals surface area contributed by atoms with Crippen molar-refractivity contribution in [2.24, 2.45) is 0 Å². The summed E-state index contributed by atoms with van der Waals surface area (Å²) >= 11 is 0. The number of hydrogen-bond donors (Lipinski definition) is 2. The molecule has 0 saturated heterocycles. The molecule has 0 aromatic heterocycles. The molecule has 0 heterocycles. The van der Waals surface area contributed by atoms with Crippen LogP contribution in [0.3, 0.4) is 0 Å². The summed E-state index contributed by atoms with van der Waals surface area (Å²) in [5.41, 5.74) is 1.39. The van der Waals surface area contributed by atoms with Crippen molar-refractivity contribution in [1.29, 1.82) is 0 Å². The Hall–Kier alpha value is -3.35. The summed E-state index contributed by atoms with van der Waals surface area (Å²) < 4.78 is 10.0. The van der Waals surface area contributed by atoms with E-state index in [1.807, 2.05) is 0 Å². The molecule has 0 aliphatic heterocycles. The van der Waals surface area contributed by atoms with Crippen LogP contribution in [0.5, 0.6) is 5.75 Å². The minimum absolute atomic E-state index is 0.204. The fourth-order valence-corrected chi connectivity index (χ4v) is 2.01. The summed E-state index contributed by atoms with van der Waals surface area (Å²) in [5.74, 6) is -0.690. The number of carbonyl (C=O) groups is 3. The highest BCUT2D eigenvalue weighted by atomic mass is 16.5. The predicted octanol–water partition coefficient (Wildman–Crippen LogP) is 2.45. The third-order valence-electron chi connectivity index (χ3n) is 3.13. The zero-order valence-electron chi connectivity index (χ0n) is 13.9. The van der Waals surface area contributed by atoms with Crippen LogP contribution in [0.25, 0.3) is 0 Å². The molecule has 0 spiro atoms. The van der Waals surface area contributed by atoms with E-state index in [2.05, 4.69) is 10.6 Å². The molecule has 0 radical (unpaired) electrons. The van der Waals surface area contributed by atoms with Crippen LogP contribution in [0.2, 0.25) is 0 Å². The summed E-state index contributed by atoms with van der Waals surface area (Å²) in [6.45, 7) is 0.979. The van der Waals surface area contributed by atoms with Gasteiger partial charge < -0.3 is 20.1 Å². The Morgan fingerprint density at radius 1 is 0.960 bits per heavy atom. The number of amides is 2. The Morgan fingerprint density at radius 2 is 1.68 bits per heavy atom. The van der Waals surface area contributed by atoms with Crippen molar-refractivity contribution in [2.45, 2.75) is 6.92 Å². The van der Waals surface area contributed by atoms with Gasteiger partial charge in [0.15, 0.2) is 6.61 Å². The number of nitrogens with one attached hydrogen (secondary N) is 2. The number of benzene rings is 2. The van der Waals surface area contributed by atoms with Crippen LogP contribution >= 0.6 is 0 Å². The van der Waals surface area contributed by atoms with Gasteiger partial charge in [-0.1, -0.05) is 6.07 Å². The van der Waals surface area contributed by atoms with E-state index in [1.54, 1.807) is 36.4 Å². The van der Waals surface area contributed by atoms with Gasteiger partial charge in [0.2, 0.25) is 5.91 Å². The van der Waals surface area contributed by atoms with Crippen molar-refractivity contribution >= 4 is 29.2 Å². The standard InChI is InChI=1S/C18H18N2O5/c1-12(21)19-14-8-6-13(7-9-14)18(23)25-11-17(22)20-15-4-3-5-16(10-15)24-2/h3-10H,11H2,1-2H3,(H,19,21)(H,20,22). The molecule has 2 aromatic rings. The normalized spacial score (nSPS) is 9.84. The molecule has 7 heteroatoms. The van der Waals surface area contributed by atoms with Gasteiger partial charge in [-0.25, -0.2) is 4.79 Å². The Labute approximate surface area is 144 Å². The highest BCUT2D eigenvalue weighted by Gasteiger charge is 2.11. The maximum Gasteiger partial charge on any atom is 0.338 e. The molecular weight excluding hydrogens is 324 g/mol. The molecule has 25 heavy (non-hydrogen) atoms. The van der Waals surface area contributed by atoms with Crippen molar-refractivity contribution in [2.75, 3.05) is 24.4 Å². The second-order valence-electron chi connectivity index (χ2n) is 5.11. The first kappa shape index (κ1) is 18.0. The van der Waals surface area contributed by atoms with Gasteiger partial charge in [-0.15, -0.1) is 0 Å². The van der Waals surface area contributed by atoms with Crippen molar-refractivity contribution in [3.05, 3.63) is 54.1 Å². The van der Waals surface area contributed by atoms with Crippen LogP contribution < -0.4 is 15.4 Å². The number of ether oxygens (including phenoxy) is 2. The fraction of sp³-hybridized carbons (Fsp3) is 0.167. The lowest BCUT2D eigenvalue weighted by atomic mass is 10.2. The average molecular weight is 342 g/mol. The number of carbonyl (C=O) groups excluding carboxylic acids is 3. The van der Waals surface area contributed by atoms with Crippen molar-refractivity contribution in [1.82, 2.24) is 0 Å². The first-order valence-electron chi connectivity index (χ1n) is 7.46. The first-order valence-corrected chi connectivity index (χ1v) is 7.46. The zero-order valence-corrected chi connectivity index (χ0v) is 13.9.